The Bertz CT molecular complexity index is 2790. The summed E-state index contributed by atoms with van der Waals surface area (Å²) in [6.45, 7) is 0. The van der Waals surface area contributed by atoms with E-state index in [1.165, 1.54) is 58.7 Å². The predicted molar refractivity (Wildman–Crippen MR) is 187 cm³/mol. The van der Waals surface area contributed by atoms with Crippen LogP contribution in [-0.2, 0) is 0 Å². The van der Waals surface area contributed by atoms with E-state index in [0.717, 1.165) is 33.1 Å². The Balaban J connectivity index is 1.24. The second-order valence-corrected chi connectivity index (χ2v) is 12.4. The van der Waals surface area contributed by atoms with Crippen LogP contribution < -0.4 is 0 Å². The van der Waals surface area contributed by atoms with Gasteiger partial charge in [0.1, 0.15) is 5.65 Å². The summed E-state index contributed by atoms with van der Waals surface area (Å²) >= 11 is 1.83. The van der Waals surface area contributed by atoms with Crippen molar-refractivity contribution in [3.8, 4) is 22.3 Å². The summed E-state index contributed by atoms with van der Waals surface area (Å²) in [5, 5.41) is 6.01. The van der Waals surface area contributed by atoms with E-state index in [4.69, 9.17) is 9.97 Å². The summed E-state index contributed by atoms with van der Waals surface area (Å²) in [6.07, 6.45) is 0. The van der Waals surface area contributed by atoms with Crippen LogP contribution in [0.15, 0.2) is 140 Å². The molecular weight excluding hydrogens is 555 g/mol. The van der Waals surface area contributed by atoms with Crippen LogP contribution in [0.2, 0.25) is 0 Å². The molecule has 10 aromatic rings. The highest BCUT2D eigenvalue weighted by Gasteiger charge is 2.17. The molecule has 0 amide bonds. The maximum Gasteiger partial charge on any atom is 0.146 e. The number of pyridine rings is 2. The summed E-state index contributed by atoms with van der Waals surface area (Å²) < 4.78 is 4.82. The summed E-state index contributed by atoms with van der Waals surface area (Å²) in [6, 6.07) is 50.1. The first-order chi connectivity index (χ1) is 21.8. The molecule has 0 bridgehead atoms. The first-order valence-electron chi connectivity index (χ1n) is 14.8. The van der Waals surface area contributed by atoms with Crippen molar-refractivity contribution in [2.45, 2.75) is 0 Å². The minimum atomic E-state index is 1.00. The van der Waals surface area contributed by atoms with Crippen molar-refractivity contribution >= 4 is 80.9 Å². The van der Waals surface area contributed by atoms with E-state index in [9.17, 15) is 0 Å². The monoisotopic (exact) mass is 577 g/mol. The van der Waals surface area contributed by atoms with E-state index >= 15 is 0 Å². The first-order valence-corrected chi connectivity index (χ1v) is 15.7. The zero-order valence-electron chi connectivity index (χ0n) is 23.5. The standard InChI is InChI=1S/C40H23N3S/c1-2-13-28-27(12-1)31-23-25(20-21-34(31)43-35-18-7-6-17-33(35)42-40(28)43)24-10-9-11-26(22-24)37-29-14-3-5-16-32(29)41-38-30-15-4-8-19-36(30)44-39(37)38/h1-23H. The Morgan fingerprint density at radius 1 is 0.455 bits per heavy atom. The molecule has 0 aliphatic carbocycles. The van der Waals surface area contributed by atoms with Crippen molar-refractivity contribution in [1.82, 2.24) is 14.4 Å². The molecule has 0 spiro atoms. The number of benzene rings is 6. The maximum absolute atomic E-state index is 5.14. The molecule has 4 heterocycles. The van der Waals surface area contributed by atoms with Gasteiger partial charge in [0.15, 0.2) is 0 Å². The number of hydrogen-bond donors (Lipinski definition) is 0. The molecular formula is C40H23N3S. The van der Waals surface area contributed by atoms with Gasteiger partial charge < -0.3 is 0 Å². The molecule has 0 radical (unpaired) electrons. The number of nitrogens with zero attached hydrogens (tertiary/aromatic N) is 3. The van der Waals surface area contributed by atoms with Gasteiger partial charge in [-0.1, -0.05) is 97.1 Å². The largest absolute Gasteiger partial charge is 0.292 e. The predicted octanol–water partition coefficient (Wildman–Crippen LogP) is 11.0. The Kier molecular flexibility index (Phi) is 4.87. The number of para-hydroxylation sites is 3. The zero-order chi connectivity index (χ0) is 28.8. The third-order valence-corrected chi connectivity index (χ3v) is 10.1. The van der Waals surface area contributed by atoms with Crippen LogP contribution >= 0.6 is 11.3 Å². The fourth-order valence-corrected chi connectivity index (χ4v) is 8.19. The third-order valence-electron chi connectivity index (χ3n) is 8.94. The minimum Gasteiger partial charge on any atom is -0.292 e. The van der Waals surface area contributed by atoms with Crippen molar-refractivity contribution < 1.29 is 0 Å². The van der Waals surface area contributed by atoms with Crippen LogP contribution in [0.4, 0.5) is 0 Å². The lowest BCUT2D eigenvalue weighted by molar-refractivity contribution is 1.31. The van der Waals surface area contributed by atoms with E-state index < -0.39 is 0 Å². The molecule has 204 valence electrons. The summed E-state index contributed by atoms with van der Waals surface area (Å²) in [4.78, 5) is 10.2. The van der Waals surface area contributed by atoms with Gasteiger partial charge in [-0.2, -0.15) is 0 Å². The molecule has 0 fully saturated rings. The second kappa shape index (κ2) is 8.96. The fourth-order valence-electron chi connectivity index (χ4n) is 6.97. The molecule has 0 saturated carbocycles. The summed E-state index contributed by atoms with van der Waals surface area (Å²) in [5.41, 5.74) is 11.3. The van der Waals surface area contributed by atoms with Crippen LogP contribution in [0.25, 0.3) is 91.8 Å². The average Bonchev–Trinajstić information content (AvgIpc) is 3.66. The smallest absolute Gasteiger partial charge is 0.146 e. The quantitative estimate of drug-likeness (QED) is 0.191. The molecule has 6 aromatic carbocycles. The minimum absolute atomic E-state index is 1.00. The number of rotatable bonds is 2. The van der Waals surface area contributed by atoms with Crippen LogP contribution in [0, 0.1) is 0 Å². The van der Waals surface area contributed by atoms with Gasteiger partial charge in [0.05, 0.1) is 32.3 Å². The van der Waals surface area contributed by atoms with Gasteiger partial charge in [-0.05, 0) is 64.5 Å². The molecule has 0 atom stereocenters. The zero-order valence-corrected chi connectivity index (χ0v) is 24.3. The number of aromatic nitrogens is 3. The number of thiophene rings is 1. The van der Waals surface area contributed by atoms with Crippen LogP contribution in [0.3, 0.4) is 0 Å². The lowest BCUT2D eigenvalue weighted by Crippen LogP contribution is -1.92. The van der Waals surface area contributed by atoms with Crippen molar-refractivity contribution in [2.24, 2.45) is 0 Å². The Hall–Kier alpha value is -5.58. The van der Waals surface area contributed by atoms with E-state index in [-0.39, 0.29) is 0 Å². The highest BCUT2D eigenvalue weighted by Crippen LogP contribution is 2.43. The summed E-state index contributed by atoms with van der Waals surface area (Å²) in [5.74, 6) is 0. The van der Waals surface area contributed by atoms with E-state index in [1.807, 2.05) is 11.3 Å². The van der Waals surface area contributed by atoms with Crippen LogP contribution in [0.1, 0.15) is 0 Å². The molecule has 3 nitrogen and oxygen atoms in total. The molecule has 0 aliphatic heterocycles. The molecule has 0 unspecified atom stereocenters. The van der Waals surface area contributed by atoms with Crippen LogP contribution in [0.5, 0.6) is 0 Å². The Morgan fingerprint density at radius 3 is 2.07 bits per heavy atom. The Labute approximate surface area is 256 Å². The molecule has 10 rings (SSSR count). The van der Waals surface area contributed by atoms with Gasteiger partial charge in [0.25, 0.3) is 0 Å². The molecule has 0 saturated heterocycles. The molecule has 4 heteroatoms. The van der Waals surface area contributed by atoms with Gasteiger partial charge in [-0.3, -0.25) is 4.40 Å². The lowest BCUT2D eigenvalue weighted by Gasteiger charge is -2.13. The highest BCUT2D eigenvalue weighted by atomic mass is 32.1. The maximum atomic E-state index is 5.14. The van der Waals surface area contributed by atoms with Gasteiger partial charge in [0.2, 0.25) is 0 Å². The third kappa shape index (κ3) is 3.31. The number of imidazole rings is 1. The molecule has 44 heavy (non-hydrogen) atoms. The van der Waals surface area contributed by atoms with Gasteiger partial charge in [0, 0.05) is 31.8 Å². The lowest BCUT2D eigenvalue weighted by atomic mass is 9.95. The Morgan fingerprint density at radius 2 is 1.16 bits per heavy atom. The van der Waals surface area contributed by atoms with Gasteiger partial charge in [-0.15, -0.1) is 11.3 Å². The van der Waals surface area contributed by atoms with E-state index in [2.05, 4.69) is 144 Å². The highest BCUT2D eigenvalue weighted by molar-refractivity contribution is 7.26. The van der Waals surface area contributed by atoms with E-state index in [0.29, 0.717) is 0 Å². The van der Waals surface area contributed by atoms with Crippen molar-refractivity contribution in [2.75, 3.05) is 0 Å². The molecule has 4 aromatic heterocycles. The average molecular weight is 578 g/mol. The number of hydrogen-bond acceptors (Lipinski definition) is 3. The summed E-state index contributed by atoms with van der Waals surface area (Å²) in [7, 11) is 0. The van der Waals surface area contributed by atoms with Crippen molar-refractivity contribution in [3.63, 3.8) is 0 Å². The fraction of sp³-hybridized carbons (Fsp3) is 0. The second-order valence-electron chi connectivity index (χ2n) is 11.4. The van der Waals surface area contributed by atoms with E-state index in [1.54, 1.807) is 0 Å². The first kappa shape index (κ1) is 23.9. The molecule has 0 aliphatic rings. The normalized spacial score (nSPS) is 12.1. The van der Waals surface area contributed by atoms with Crippen molar-refractivity contribution in [1.29, 1.82) is 0 Å². The van der Waals surface area contributed by atoms with Gasteiger partial charge >= 0.3 is 0 Å². The number of fused-ring (bicyclic) bond motifs is 12. The topological polar surface area (TPSA) is 30.2 Å². The van der Waals surface area contributed by atoms with Crippen LogP contribution in [-0.4, -0.2) is 14.4 Å². The molecule has 0 N–H and O–H groups in total. The SMILES string of the molecule is c1cc(-c2ccc3c(c2)c2ccccc2c2nc4ccccc4n32)cc(-c2c3ccccc3nc3c2sc2ccccc23)c1. The van der Waals surface area contributed by atoms with Gasteiger partial charge in [-0.25, -0.2) is 9.97 Å². The van der Waals surface area contributed by atoms with Crippen molar-refractivity contribution in [3.05, 3.63) is 140 Å².